The normalized spacial score (nSPS) is 28.2. The van der Waals surface area contributed by atoms with Crippen LogP contribution in [0.25, 0.3) is 0 Å². The zero-order chi connectivity index (χ0) is 22.2. The van der Waals surface area contributed by atoms with Crippen molar-refractivity contribution < 1.29 is 23.9 Å². The van der Waals surface area contributed by atoms with E-state index in [2.05, 4.69) is 11.1 Å². The Bertz CT molecular complexity index is 947. The van der Waals surface area contributed by atoms with Crippen LogP contribution < -0.4 is 4.74 Å². The van der Waals surface area contributed by atoms with E-state index in [9.17, 15) is 24.4 Å². The Hall–Kier alpha value is -2.58. The van der Waals surface area contributed by atoms with Crippen molar-refractivity contribution in [2.75, 3.05) is 14.2 Å². The van der Waals surface area contributed by atoms with Gasteiger partial charge in [-0.3, -0.25) is 19.2 Å². The zero-order valence-electron chi connectivity index (χ0n) is 16.8. The monoisotopic (exact) mass is 448 g/mol. The van der Waals surface area contributed by atoms with Gasteiger partial charge >= 0.3 is 0 Å². The minimum Gasteiger partial charge on any atom is -0.481 e. The summed E-state index contributed by atoms with van der Waals surface area (Å²) in [4.78, 5) is 55.9. The van der Waals surface area contributed by atoms with Crippen LogP contribution in [0, 0.1) is 17.2 Å². The maximum absolute atomic E-state index is 13.5. The molecule has 2 fully saturated rings. The molecule has 0 aromatic carbocycles. The highest BCUT2D eigenvalue weighted by atomic mass is 32.2. The molecule has 0 spiro atoms. The number of aromatic nitrogens is 1. The van der Waals surface area contributed by atoms with E-state index in [0.717, 1.165) is 23.5 Å². The summed E-state index contributed by atoms with van der Waals surface area (Å²) in [6.45, 7) is 2.63. The van der Waals surface area contributed by atoms with Gasteiger partial charge in [0.25, 0.3) is 11.8 Å². The quantitative estimate of drug-likeness (QED) is 0.675. The van der Waals surface area contributed by atoms with Gasteiger partial charge in [0.1, 0.15) is 0 Å². The van der Waals surface area contributed by atoms with E-state index in [-0.39, 0.29) is 16.7 Å². The molecule has 0 radical (unpaired) electrons. The predicted octanol–water partition coefficient (Wildman–Crippen LogP) is 1.56. The molecule has 0 aliphatic carbocycles. The molecule has 9 nitrogen and oxygen atoms in total. The van der Waals surface area contributed by atoms with Crippen molar-refractivity contribution in [2.24, 2.45) is 5.92 Å². The van der Waals surface area contributed by atoms with E-state index in [1.807, 2.05) is 0 Å². The highest BCUT2D eigenvalue weighted by Crippen LogP contribution is 2.55. The van der Waals surface area contributed by atoms with E-state index in [4.69, 9.17) is 4.74 Å². The second-order valence-corrected chi connectivity index (χ2v) is 9.69. The van der Waals surface area contributed by atoms with Crippen LogP contribution in [-0.2, 0) is 19.2 Å². The van der Waals surface area contributed by atoms with Crippen LogP contribution in [0.2, 0.25) is 0 Å². The fourth-order valence-electron chi connectivity index (χ4n) is 3.93. The summed E-state index contributed by atoms with van der Waals surface area (Å²) in [5, 5.41) is 8.09. The lowest BCUT2D eigenvalue weighted by atomic mass is 9.95. The van der Waals surface area contributed by atoms with Gasteiger partial charge in [-0.25, -0.2) is 4.98 Å². The molecular weight excluding hydrogens is 428 g/mol. The average molecular weight is 449 g/mol. The van der Waals surface area contributed by atoms with Gasteiger partial charge in [-0.15, -0.1) is 0 Å². The first-order chi connectivity index (χ1) is 14.2. The Kier molecular flexibility index (Phi) is 6.10. The number of hydrogen-bond donors (Lipinski definition) is 0. The number of nitrogens with zero attached hydrogens (tertiary/aromatic N) is 4. The minimum atomic E-state index is -1.55. The lowest BCUT2D eigenvalue weighted by Gasteiger charge is -2.48. The molecule has 30 heavy (non-hydrogen) atoms. The molecule has 1 aromatic heterocycles. The van der Waals surface area contributed by atoms with Crippen LogP contribution in [0.1, 0.15) is 31.9 Å². The van der Waals surface area contributed by atoms with Gasteiger partial charge in [-0.1, -0.05) is 17.8 Å². The van der Waals surface area contributed by atoms with Crippen LogP contribution in [-0.4, -0.2) is 61.2 Å². The summed E-state index contributed by atoms with van der Waals surface area (Å²) in [5.74, 6) is -1.36. The van der Waals surface area contributed by atoms with Crippen molar-refractivity contribution in [3.8, 4) is 11.9 Å². The number of carbonyl (C=O) groups is 4. The molecule has 0 N–H and O–H groups in total. The van der Waals surface area contributed by atoms with Crippen molar-refractivity contribution in [1.82, 2.24) is 14.8 Å². The fourth-order valence-corrected chi connectivity index (χ4v) is 5.98. The molecule has 2 aliphatic heterocycles. The molecule has 3 heterocycles. The largest absolute Gasteiger partial charge is 0.481 e. The maximum atomic E-state index is 13.5. The average Bonchev–Trinajstić information content (AvgIpc) is 3.04. The number of thioether (sulfide) groups is 2. The molecule has 2 unspecified atom stereocenters. The van der Waals surface area contributed by atoms with Crippen LogP contribution in [0.4, 0.5) is 0 Å². The van der Waals surface area contributed by atoms with Gasteiger partial charge in [0.2, 0.25) is 5.88 Å². The summed E-state index contributed by atoms with van der Waals surface area (Å²) in [5.41, 5.74) is 0.547. The third-order valence-electron chi connectivity index (χ3n) is 5.07. The van der Waals surface area contributed by atoms with Crippen molar-refractivity contribution in [3.63, 3.8) is 0 Å². The molecule has 4 atom stereocenters. The number of piperazine rings is 1. The second-order valence-electron chi connectivity index (χ2n) is 6.98. The number of carbonyl (C=O) groups excluding carboxylic acids is 4. The third kappa shape index (κ3) is 3.54. The molecule has 2 aliphatic rings. The highest BCUT2D eigenvalue weighted by molar-refractivity contribution is 8.15. The number of hydrogen-bond acceptors (Lipinski definition) is 9. The Morgan fingerprint density at radius 1 is 1.30 bits per heavy atom. The standard InChI is InChI=1S/C19H20N4O5S2/c1-10(24)29-17-16(26)23-15(12-5-6-14(28-4)21-9-12)13(8-20)7-19(23,30-11(2)25)18(27)22(17)3/h5-6,9,13,15,17H,7H2,1-4H3/t13?,15-,17-,19?/m0/s1. The van der Waals surface area contributed by atoms with Crippen LogP contribution in [0.15, 0.2) is 18.3 Å². The fraction of sp³-hybridized carbons (Fsp3) is 0.474. The summed E-state index contributed by atoms with van der Waals surface area (Å²) in [6.07, 6.45) is 1.49. The van der Waals surface area contributed by atoms with Crippen molar-refractivity contribution in [1.29, 1.82) is 5.26 Å². The Balaban J connectivity index is 2.17. The molecule has 2 amide bonds. The Labute approximate surface area is 182 Å². The van der Waals surface area contributed by atoms with E-state index in [1.54, 1.807) is 12.1 Å². The number of nitriles is 1. The number of pyridine rings is 1. The summed E-state index contributed by atoms with van der Waals surface area (Å²) in [6, 6.07) is 4.68. The number of methoxy groups -OCH3 is 1. The number of fused-ring (bicyclic) bond motifs is 1. The second kappa shape index (κ2) is 8.28. The molecule has 1 aromatic rings. The third-order valence-corrected chi connectivity index (χ3v) is 7.30. The Morgan fingerprint density at radius 2 is 2.00 bits per heavy atom. The SMILES string of the molecule is COc1ccc([C@H]2C(C#N)CC3(SC(C)=O)C(=O)N(C)[C@@H](SC(C)=O)C(=O)N23)cn1. The molecule has 0 saturated carbocycles. The van der Waals surface area contributed by atoms with E-state index in [0.29, 0.717) is 11.4 Å². The van der Waals surface area contributed by atoms with Gasteiger partial charge in [0.15, 0.2) is 20.5 Å². The number of ether oxygens (including phenoxy) is 1. The first-order valence-electron chi connectivity index (χ1n) is 9.03. The topological polar surface area (TPSA) is 121 Å². The molecule has 2 saturated heterocycles. The molecular formula is C19H20N4O5S2. The molecule has 11 heteroatoms. The van der Waals surface area contributed by atoms with E-state index < -0.39 is 34.0 Å². The molecule has 0 bridgehead atoms. The van der Waals surface area contributed by atoms with Crippen LogP contribution in [0.5, 0.6) is 5.88 Å². The maximum Gasteiger partial charge on any atom is 0.260 e. The first-order valence-corrected chi connectivity index (χ1v) is 10.7. The van der Waals surface area contributed by atoms with E-state index in [1.165, 1.54) is 44.0 Å². The summed E-state index contributed by atoms with van der Waals surface area (Å²) in [7, 11) is 2.90. The minimum absolute atomic E-state index is 0.00316. The predicted molar refractivity (Wildman–Crippen MR) is 110 cm³/mol. The van der Waals surface area contributed by atoms with Gasteiger partial charge < -0.3 is 14.5 Å². The van der Waals surface area contributed by atoms with Gasteiger partial charge in [0.05, 0.1) is 25.1 Å². The van der Waals surface area contributed by atoms with Crippen LogP contribution in [0.3, 0.4) is 0 Å². The van der Waals surface area contributed by atoms with Crippen LogP contribution >= 0.6 is 23.5 Å². The Morgan fingerprint density at radius 3 is 2.50 bits per heavy atom. The number of amides is 2. The highest BCUT2D eigenvalue weighted by Gasteiger charge is 2.65. The van der Waals surface area contributed by atoms with Gasteiger partial charge in [-0.2, -0.15) is 5.26 Å². The number of rotatable bonds is 4. The van der Waals surface area contributed by atoms with Crippen molar-refractivity contribution >= 4 is 45.6 Å². The lowest BCUT2D eigenvalue weighted by Crippen LogP contribution is -2.66. The van der Waals surface area contributed by atoms with Crippen molar-refractivity contribution in [2.45, 2.75) is 36.6 Å². The molecule has 3 rings (SSSR count). The first kappa shape index (κ1) is 22.1. The van der Waals surface area contributed by atoms with E-state index >= 15 is 0 Å². The lowest BCUT2D eigenvalue weighted by molar-refractivity contribution is -0.158. The van der Waals surface area contributed by atoms with Gasteiger partial charge in [0, 0.05) is 39.6 Å². The van der Waals surface area contributed by atoms with Gasteiger partial charge in [-0.05, 0) is 17.3 Å². The summed E-state index contributed by atoms with van der Waals surface area (Å²) < 4.78 is 5.07. The number of likely N-dealkylation sites (N-methyl/N-ethyl adjacent to an activating group) is 1. The zero-order valence-corrected chi connectivity index (χ0v) is 18.5. The molecule has 158 valence electrons. The van der Waals surface area contributed by atoms with Crippen molar-refractivity contribution in [3.05, 3.63) is 23.9 Å². The smallest absolute Gasteiger partial charge is 0.260 e. The summed E-state index contributed by atoms with van der Waals surface area (Å²) >= 11 is 1.48.